The number of piperazine rings is 1. The number of carbonyl (C=O) groups excluding carboxylic acids is 1. The number of ether oxygens (including phenoxy) is 2. The van der Waals surface area contributed by atoms with Gasteiger partial charge in [0.1, 0.15) is 11.9 Å². The molecule has 0 saturated carbocycles. The molecule has 132 valence electrons. The second-order valence-electron chi connectivity index (χ2n) is 6.25. The van der Waals surface area contributed by atoms with E-state index in [1.54, 1.807) is 7.11 Å². The Balaban J connectivity index is 1.80. The fourth-order valence-corrected chi connectivity index (χ4v) is 3.51. The highest BCUT2D eigenvalue weighted by Crippen LogP contribution is 2.31. The summed E-state index contributed by atoms with van der Waals surface area (Å²) < 4.78 is 11.3. The lowest BCUT2D eigenvalue weighted by Gasteiger charge is -2.40. The van der Waals surface area contributed by atoms with Gasteiger partial charge in [0.2, 0.25) is 0 Å². The number of amides is 1. The van der Waals surface area contributed by atoms with Crippen molar-refractivity contribution in [2.24, 2.45) is 0 Å². The first-order chi connectivity index (χ1) is 11.7. The highest BCUT2D eigenvalue weighted by atomic mass is 16.5. The van der Waals surface area contributed by atoms with Gasteiger partial charge < -0.3 is 19.7 Å². The molecule has 2 atom stereocenters. The van der Waals surface area contributed by atoms with Crippen LogP contribution >= 0.6 is 0 Å². The highest BCUT2D eigenvalue weighted by molar-refractivity contribution is 5.82. The predicted molar refractivity (Wildman–Crippen MR) is 92.2 cm³/mol. The molecule has 3 rings (SSSR count). The summed E-state index contributed by atoms with van der Waals surface area (Å²) in [6, 6.07) is 7.90. The molecule has 6 heteroatoms. The number of nitrogens with zero attached hydrogens (tertiary/aromatic N) is 2. The van der Waals surface area contributed by atoms with Gasteiger partial charge in [0, 0.05) is 38.3 Å². The molecule has 6 nitrogen and oxygen atoms in total. The van der Waals surface area contributed by atoms with Crippen molar-refractivity contribution in [3.05, 3.63) is 29.8 Å². The molecular weight excluding hydrogens is 306 g/mol. The Bertz CT molecular complexity index is 566. The molecule has 1 N–H and O–H groups in total. The van der Waals surface area contributed by atoms with E-state index in [2.05, 4.69) is 17.1 Å². The number of methoxy groups -OCH3 is 1. The van der Waals surface area contributed by atoms with Crippen LogP contribution in [0.15, 0.2) is 24.3 Å². The summed E-state index contributed by atoms with van der Waals surface area (Å²) in [5, 5.41) is 3.39. The summed E-state index contributed by atoms with van der Waals surface area (Å²) >= 11 is 0. The zero-order valence-corrected chi connectivity index (χ0v) is 14.5. The van der Waals surface area contributed by atoms with Gasteiger partial charge in [-0.2, -0.15) is 0 Å². The summed E-state index contributed by atoms with van der Waals surface area (Å²) in [6.07, 6.45) is -0.367. The molecule has 0 spiro atoms. The van der Waals surface area contributed by atoms with E-state index in [0.717, 1.165) is 37.5 Å². The molecule has 2 aliphatic rings. The monoisotopic (exact) mass is 333 g/mol. The van der Waals surface area contributed by atoms with Crippen molar-refractivity contribution in [1.82, 2.24) is 15.1 Å². The van der Waals surface area contributed by atoms with Gasteiger partial charge >= 0.3 is 0 Å². The summed E-state index contributed by atoms with van der Waals surface area (Å²) in [7, 11) is 1.67. The first kappa shape index (κ1) is 17.2. The van der Waals surface area contributed by atoms with Crippen LogP contribution in [0, 0.1) is 0 Å². The maximum atomic E-state index is 13.1. The van der Waals surface area contributed by atoms with E-state index in [0.29, 0.717) is 19.7 Å². The first-order valence-corrected chi connectivity index (χ1v) is 8.72. The van der Waals surface area contributed by atoms with E-state index in [4.69, 9.17) is 9.47 Å². The Morgan fingerprint density at radius 2 is 2.21 bits per heavy atom. The van der Waals surface area contributed by atoms with Crippen LogP contribution in [0.1, 0.15) is 18.5 Å². The number of carbonyl (C=O) groups is 1. The molecular formula is C18H27N3O3. The highest BCUT2D eigenvalue weighted by Gasteiger charge is 2.36. The first-order valence-electron chi connectivity index (χ1n) is 8.72. The third-order valence-electron chi connectivity index (χ3n) is 4.90. The maximum Gasteiger partial charge on any atom is 0.253 e. The van der Waals surface area contributed by atoms with Gasteiger partial charge in [-0.3, -0.25) is 9.69 Å². The van der Waals surface area contributed by atoms with Crippen molar-refractivity contribution in [3.8, 4) is 5.75 Å². The van der Waals surface area contributed by atoms with Crippen LogP contribution in [-0.4, -0.2) is 74.8 Å². The van der Waals surface area contributed by atoms with Gasteiger partial charge in [-0.05, 0) is 12.6 Å². The number of nitrogens with one attached hydrogen (secondary N) is 1. The smallest absolute Gasteiger partial charge is 0.253 e. The van der Waals surface area contributed by atoms with E-state index >= 15 is 0 Å². The third kappa shape index (κ3) is 3.55. The number of para-hydroxylation sites is 1. The minimum absolute atomic E-state index is 0.0250. The molecule has 2 aliphatic heterocycles. The van der Waals surface area contributed by atoms with E-state index < -0.39 is 0 Å². The molecule has 24 heavy (non-hydrogen) atoms. The molecule has 0 bridgehead atoms. The number of hydrogen-bond acceptors (Lipinski definition) is 5. The second kappa shape index (κ2) is 7.96. The van der Waals surface area contributed by atoms with Crippen LogP contribution in [0.5, 0.6) is 5.75 Å². The quantitative estimate of drug-likeness (QED) is 0.887. The summed E-state index contributed by atoms with van der Waals surface area (Å²) in [5.74, 6) is 0.911. The lowest BCUT2D eigenvalue weighted by Crippen LogP contribution is -2.56. The molecule has 2 fully saturated rings. The minimum atomic E-state index is -0.367. The van der Waals surface area contributed by atoms with Gasteiger partial charge in [-0.1, -0.05) is 25.1 Å². The number of rotatable bonds is 4. The number of morpholine rings is 1. The van der Waals surface area contributed by atoms with E-state index in [-0.39, 0.29) is 18.1 Å². The Labute approximate surface area is 143 Å². The normalized spacial score (nSPS) is 25.5. The van der Waals surface area contributed by atoms with E-state index in [1.807, 2.05) is 29.2 Å². The van der Waals surface area contributed by atoms with Gasteiger partial charge in [0.25, 0.3) is 5.91 Å². The predicted octanol–water partition coefficient (Wildman–Crippen LogP) is 0.889. The Hall–Kier alpha value is -1.63. The Morgan fingerprint density at radius 3 is 3.00 bits per heavy atom. The summed E-state index contributed by atoms with van der Waals surface area (Å²) in [4.78, 5) is 17.3. The maximum absolute atomic E-state index is 13.1. The van der Waals surface area contributed by atoms with Crippen molar-refractivity contribution < 1.29 is 14.3 Å². The van der Waals surface area contributed by atoms with Crippen LogP contribution in [-0.2, 0) is 9.53 Å². The van der Waals surface area contributed by atoms with Crippen LogP contribution < -0.4 is 10.1 Å². The van der Waals surface area contributed by atoms with Gasteiger partial charge in [-0.15, -0.1) is 0 Å². The Kier molecular flexibility index (Phi) is 5.71. The standard InChI is InChI=1S/C18H27N3O3/c1-3-20-10-11-24-17(13-20)18(22)21-9-8-19-12-15(21)14-6-4-5-7-16(14)23-2/h4-7,15,17,19H,3,8-13H2,1-2H3. The van der Waals surface area contributed by atoms with Crippen molar-refractivity contribution in [3.63, 3.8) is 0 Å². The lowest BCUT2D eigenvalue weighted by molar-refractivity contribution is -0.152. The van der Waals surface area contributed by atoms with Gasteiger partial charge in [0.05, 0.1) is 19.8 Å². The SMILES string of the molecule is CCN1CCOC(C(=O)N2CCNCC2c2ccccc2OC)C1. The third-order valence-corrected chi connectivity index (χ3v) is 4.90. The molecule has 1 amide bonds. The van der Waals surface area contributed by atoms with Gasteiger partial charge in [-0.25, -0.2) is 0 Å². The molecule has 1 aromatic rings. The molecule has 0 radical (unpaired) electrons. The van der Waals surface area contributed by atoms with Crippen LogP contribution in [0.3, 0.4) is 0 Å². The van der Waals surface area contributed by atoms with E-state index in [9.17, 15) is 4.79 Å². The Morgan fingerprint density at radius 1 is 1.38 bits per heavy atom. The molecule has 0 aliphatic carbocycles. The second-order valence-corrected chi connectivity index (χ2v) is 6.25. The molecule has 2 saturated heterocycles. The summed E-state index contributed by atoms with van der Waals surface area (Å²) in [6.45, 7) is 7.50. The van der Waals surface area contributed by atoms with Crippen molar-refractivity contribution >= 4 is 5.91 Å². The average Bonchev–Trinajstić information content (AvgIpc) is 2.67. The van der Waals surface area contributed by atoms with Crippen molar-refractivity contribution in [2.75, 3.05) is 53.0 Å². The van der Waals surface area contributed by atoms with Crippen LogP contribution in [0.4, 0.5) is 0 Å². The van der Waals surface area contributed by atoms with E-state index in [1.165, 1.54) is 0 Å². The number of hydrogen-bond donors (Lipinski definition) is 1. The fraction of sp³-hybridized carbons (Fsp3) is 0.611. The lowest BCUT2D eigenvalue weighted by atomic mass is 10.0. The summed E-state index contributed by atoms with van der Waals surface area (Å²) in [5.41, 5.74) is 1.05. The molecule has 1 aromatic carbocycles. The average molecular weight is 333 g/mol. The van der Waals surface area contributed by atoms with Crippen LogP contribution in [0.2, 0.25) is 0 Å². The number of likely N-dealkylation sites (N-methyl/N-ethyl adjacent to an activating group) is 1. The van der Waals surface area contributed by atoms with Crippen LogP contribution in [0.25, 0.3) is 0 Å². The minimum Gasteiger partial charge on any atom is -0.496 e. The fourth-order valence-electron chi connectivity index (χ4n) is 3.51. The van der Waals surface area contributed by atoms with Crippen molar-refractivity contribution in [1.29, 1.82) is 0 Å². The molecule has 2 heterocycles. The zero-order valence-electron chi connectivity index (χ0n) is 14.5. The van der Waals surface area contributed by atoms with Crippen molar-refractivity contribution in [2.45, 2.75) is 19.1 Å². The molecule has 2 unspecified atom stereocenters. The zero-order chi connectivity index (χ0) is 16.9. The largest absolute Gasteiger partial charge is 0.496 e. The molecule has 0 aromatic heterocycles. The topological polar surface area (TPSA) is 54.0 Å². The number of benzene rings is 1. The van der Waals surface area contributed by atoms with Gasteiger partial charge in [0.15, 0.2) is 0 Å².